The molecule has 20 heavy (non-hydrogen) atoms. The zero-order valence-corrected chi connectivity index (χ0v) is 14.2. The number of nitrogens with one attached hydrogen (secondary N) is 1. The Hall–Kier alpha value is -0.880. The molecule has 0 aliphatic carbocycles. The van der Waals surface area contributed by atoms with Gasteiger partial charge in [0, 0.05) is 26.2 Å². The second-order valence-electron chi connectivity index (χ2n) is 5.20. The zero-order chi connectivity index (χ0) is 14.5. The van der Waals surface area contributed by atoms with Crippen LogP contribution in [0.15, 0.2) is 10.8 Å². The van der Waals surface area contributed by atoms with Gasteiger partial charge < -0.3 is 10.2 Å². The van der Waals surface area contributed by atoms with E-state index < -0.39 is 0 Å². The van der Waals surface area contributed by atoms with E-state index in [9.17, 15) is 0 Å². The molecule has 1 N–H and O–H groups in total. The molecule has 0 amide bonds. The number of nitrogens with zero attached hydrogens (tertiary/aromatic N) is 4. The fourth-order valence-electron chi connectivity index (χ4n) is 2.84. The van der Waals surface area contributed by atoms with Crippen LogP contribution in [-0.2, 0) is 0 Å². The van der Waals surface area contributed by atoms with Gasteiger partial charge in [-0.05, 0) is 48.8 Å². The molecule has 1 aliphatic heterocycles. The van der Waals surface area contributed by atoms with Crippen LogP contribution >= 0.6 is 15.9 Å². The second-order valence-corrected chi connectivity index (χ2v) is 5.99. The predicted molar refractivity (Wildman–Crippen MR) is 87.4 cm³/mol. The van der Waals surface area contributed by atoms with Crippen molar-refractivity contribution >= 4 is 27.6 Å². The van der Waals surface area contributed by atoms with Gasteiger partial charge in [-0.2, -0.15) is 0 Å². The monoisotopic (exact) mass is 341 g/mol. The van der Waals surface area contributed by atoms with Crippen molar-refractivity contribution in [1.29, 1.82) is 0 Å². The maximum absolute atomic E-state index is 4.42. The highest BCUT2D eigenvalue weighted by atomic mass is 79.9. The highest BCUT2D eigenvalue weighted by Gasteiger charge is 2.25. The fraction of sp³-hybridized carbons (Fsp3) is 0.714. The first-order valence-corrected chi connectivity index (χ1v) is 8.16. The van der Waals surface area contributed by atoms with Gasteiger partial charge in [-0.1, -0.05) is 6.92 Å². The van der Waals surface area contributed by atoms with E-state index in [2.05, 4.69) is 61.9 Å². The summed E-state index contributed by atoms with van der Waals surface area (Å²) in [6, 6.07) is 0.634. The molecule has 1 unspecified atom stereocenters. The number of anilines is 2. The molecule has 2 rings (SSSR count). The van der Waals surface area contributed by atoms with Gasteiger partial charge in [-0.15, -0.1) is 0 Å². The largest absolute Gasteiger partial charge is 0.369 e. The van der Waals surface area contributed by atoms with E-state index in [1.807, 2.05) is 0 Å². The van der Waals surface area contributed by atoms with Crippen LogP contribution in [-0.4, -0.2) is 54.1 Å². The van der Waals surface area contributed by atoms with Gasteiger partial charge in [-0.3, -0.25) is 4.90 Å². The van der Waals surface area contributed by atoms with E-state index in [0.29, 0.717) is 6.04 Å². The minimum absolute atomic E-state index is 0.634. The minimum Gasteiger partial charge on any atom is -0.369 e. The van der Waals surface area contributed by atoms with E-state index >= 15 is 0 Å². The number of hydrogen-bond donors (Lipinski definition) is 1. The maximum atomic E-state index is 4.42. The molecule has 1 saturated heterocycles. The van der Waals surface area contributed by atoms with Crippen LogP contribution in [0, 0.1) is 0 Å². The molecule has 5 nitrogen and oxygen atoms in total. The maximum Gasteiger partial charge on any atom is 0.148 e. The summed E-state index contributed by atoms with van der Waals surface area (Å²) in [5.74, 6) is 1.82. The first-order valence-electron chi connectivity index (χ1n) is 7.36. The summed E-state index contributed by atoms with van der Waals surface area (Å²) in [5.41, 5.74) is 0. The topological polar surface area (TPSA) is 44.3 Å². The van der Waals surface area contributed by atoms with Crippen molar-refractivity contribution < 1.29 is 0 Å². The molecule has 0 spiro atoms. The molecule has 1 fully saturated rings. The van der Waals surface area contributed by atoms with Crippen molar-refractivity contribution in [2.75, 3.05) is 43.4 Å². The van der Waals surface area contributed by atoms with Gasteiger partial charge in [-0.25, -0.2) is 9.97 Å². The zero-order valence-electron chi connectivity index (χ0n) is 12.6. The van der Waals surface area contributed by atoms with Crippen molar-refractivity contribution in [2.24, 2.45) is 0 Å². The molecule has 1 aromatic rings. The summed E-state index contributed by atoms with van der Waals surface area (Å²) in [7, 11) is 2.11. The Bertz CT molecular complexity index is 440. The number of halogens is 1. The molecular weight excluding hydrogens is 318 g/mol. The van der Waals surface area contributed by atoms with E-state index in [-0.39, 0.29) is 0 Å². The van der Waals surface area contributed by atoms with Crippen molar-refractivity contribution in [2.45, 2.75) is 32.7 Å². The molecule has 1 atom stereocenters. The van der Waals surface area contributed by atoms with Gasteiger partial charge in [0.2, 0.25) is 0 Å². The van der Waals surface area contributed by atoms with Gasteiger partial charge in [0.1, 0.15) is 22.4 Å². The molecule has 112 valence electrons. The van der Waals surface area contributed by atoms with Gasteiger partial charge >= 0.3 is 0 Å². The summed E-state index contributed by atoms with van der Waals surface area (Å²) < 4.78 is 0.949. The smallest absolute Gasteiger partial charge is 0.148 e. The lowest BCUT2D eigenvalue weighted by atomic mass is 10.2. The van der Waals surface area contributed by atoms with Gasteiger partial charge in [0.05, 0.1) is 0 Å². The normalized spacial score (nSPS) is 19.3. The van der Waals surface area contributed by atoms with Crippen LogP contribution in [0.2, 0.25) is 0 Å². The Morgan fingerprint density at radius 1 is 1.45 bits per heavy atom. The van der Waals surface area contributed by atoms with Crippen LogP contribution in [0.25, 0.3) is 0 Å². The summed E-state index contributed by atoms with van der Waals surface area (Å²) >= 11 is 3.62. The molecule has 0 aromatic carbocycles. The molecule has 0 bridgehead atoms. The Morgan fingerprint density at radius 3 is 2.95 bits per heavy atom. The fourth-order valence-corrected chi connectivity index (χ4v) is 3.49. The Balaban J connectivity index is 2.09. The van der Waals surface area contributed by atoms with Crippen LogP contribution in [0.5, 0.6) is 0 Å². The molecule has 2 heterocycles. The Labute approximate surface area is 129 Å². The molecule has 0 radical (unpaired) electrons. The summed E-state index contributed by atoms with van der Waals surface area (Å²) in [6.07, 6.45) is 4.21. The predicted octanol–water partition coefficient (Wildman–Crippen LogP) is 2.59. The van der Waals surface area contributed by atoms with Crippen molar-refractivity contribution in [3.8, 4) is 0 Å². The molecule has 6 heteroatoms. The van der Waals surface area contributed by atoms with Crippen molar-refractivity contribution in [1.82, 2.24) is 14.9 Å². The SMILES string of the molecule is CCNc1ncnc(N(C)CC2CCCN2CC)c1Br. The lowest BCUT2D eigenvalue weighted by molar-refractivity contribution is 0.270. The number of likely N-dealkylation sites (N-methyl/N-ethyl adjacent to an activating group) is 2. The van der Waals surface area contributed by atoms with Crippen molar-refractivity contribution in [3.05, 3.63) is 10.8 Å². The third kappa shape index (κ3) is 3.41. The van der Waals surface area contributed by atoms with Gasteiger partial charge in [0.25, 0.3) is 0 Å². The Morgan fingerprint density at radius 2 is 2.25 bits per heavy atom. The highest BCUT2D eigenvalue weighted by Crippen LogP contribution is 2.29. The van der Waals surface area contributed by atoms with E-state index in [1.165, 1.54) is 19.4 Å². The lowest BCUT2D eigenvalue weighted by Gasteiger charge is -2.29. The molecule has 1 aliphatic rings. The second kappa shape index (κ2) is 7.22. The number of hydrogen-bond acceptors (Lipinski definition) is 5. The van der Waals surface area contributed by atoms with E-state index in [0.717, 1.165) is 35.7 Å². The number of aromatic nitrogens is 2. The third-order valence-corrected chi connectivity index (χ3v) is 4.60. The average molecular weight is 342 g/mol. The molecule has 0 saturated carbocycles. The lowest BCUT2D eigenvalue weighted by Crippen LogP contribution is -2.39. The van der Waals surface area contributed by atoms with Crippen LogP contribution in [0.3, 0.4) is 0 Å². The summed E-state index contributed by atoms with van der Waals surface area (Å²) in [5, 5.41) is 3.25. The first kappa shape index (κ1) is 15.5. The van der Waals surface area contributed by atoms with Gasteiger partial charge in [0.15, 0.2) is 0 Å². The summed E-state index contributed by atoms with van der Waals surface area (Å²) in [6.45, 7) is 8.52. The molecular formula is C14H24BrN5. The minimum atomic E-state index is 0.634. The van der Waals surface area contributed by atoms with Crippen LogP contribution in [0.4, 0.5) is 11.6 Å². The quantitative estimate of drug-likeness (QED) is 0.861. The summed E-state index contributed by atoms with van der Waals surface area (Å²) in [4.78, 5) is 13.5. The van der Waals surface area contributed by atoms with Crippen LogP contribution < -0.4 is 10.2 Å². The standard InChI is InChI=1S/C14H24BrN5/c1-4-16-13-12(15)14(18-10-17-13)19(3)9-11-7-6-8-20(11)5-2/h10-11H,4-9H2,1-3H3,(H,16,17,18). The average Bonchev–Trinajstić information content (AvgIpc) is 2.88. The Kier molecular flexibility index (Phi) is 5.60. The molecule has 1 aromatic heterocycles. The van der Waals surface area contributed by atoms with Crippen molar-refractivity contribution in [3.63, 3.8) is 0 Å². The van der Waals surface area contributed by atoms with Crippen LogP contribution in [0.1, 0.15) is 26.7 Å². The first-order chi connectivity index (χ1) is 9.67. The highest BCUT2D eigenvalue weighted by molar-refractivity contribution is 9.10. The number of likely N-dealkylation sites (tertiary alicyclic amines) is 1. The van der Waals surface area contributed by atoms with E-state index in [1.54, 1.807) is 6.33 Å². The van der Waals surface area contributed by atoms with E-state index in [4.69, 9.17) is 0 Å². The third-order valence-electron chi connectivity index (χ3n) is 3.87. The number of rotatable bonds is 6.